The van der Waals surface area contributed by atoms with Crippen molar-refractivity contribution in [3.63, 3.8) is 0 Å². The van der Waals surface area contributed by atoms with Crippen molar-refractivity contribution in [2.75, 3.05) is 7.11 Å². The second kappa shape index (κ2) is 8.80. The van der Waals surface area contributed by atoms with Crippen molar-refractivity contribution in [2.24, 2.45) is 4.99 Å². The van der Waals surface area contributed by atoms with Gasteiger partial charge in [0.05, 0.1) is 12.0 Å². The maximum absolute atomic E-state index is 12.5. The molecule has 0 atom stereocenters. The Hall–Kier alpha value is -3.64. The van der Waals surface area contributed by atoms with Gasteiger partial charge in [0.15, 0.2) is 5.70 Å². The van der Waals surface area contributed by atoms with Gasteiger partial charge < -0.3 is 14.2 Å². The number of ether oxygens (including phenoxy) is 3. The van der Waals surface area contributed by atoms with Crippen LogP contribution < -0.4 is 9.47 Å². The van der Waals surface area contributed by atoms with Gasteiger partial charge in [-0.25, -0.2) is 9.79 Å². The number of hydrogen-bond acceptors (Lipinski definition) is 6. The van der Waals surface area contributed by atoms with Crippen LogP contribution in [0.1, 0.15) is 17.4 Å². The van der Waals surface area contributed by atoms with E-state index in [0.717, 1.165) is 10.6 Å². The van der Waals surface area contributed by atoms with Gasteiger partial charge in [-0.15, -0.1) is 11.3 Å². The number of rotatable bonds is 6. The largest absolute Gasteiger partial charge is 0.497 e. The molecule has 3 aromatic rings. The molecule has 2 heterocycles. The van der Waals surface area contributed by atoms with Crippen LogP contribution in [0.25, 0.3) is 5.76 Å². The number of cyclic esters (lactones) is 1. The van der Waals surface area contributed by atoms with Crippen molar-refractivity contribution in [3.8, 4) is 11.5 Å². The van der Waals surface area contributed by atoms with E-state index in [4.69, 9.17) is 14.2 Å². The summed E-state index contributed by atoms with van der Waals surface area (Å²) in [6, 6.07) is 20.6. The zero-order valence-electron chi connectivity index (χ0n) is 16.5. The maximum atomic E-state index is 12.5. The monoisotopic (exact) mass is 417 g/mol. The number of carbonyl (C=O) groups is 1. The third kappa shape index (κ3) is 4.34. The molecule has 0 saturated carbocycles. The Bertz CT molecular complexity index is 1130. The van der Waals surface area contributed by atoms with Gasteiger partial charge in [0, 0.05) is 5.56 Å². The molecule has 150 valence electrons. The molecule has 6 heteroatoms. The third-order valence-corrected chi connectivity index (χ3v) is 5.27. The van der Waals surface area contributed by atoms with Crippen LogP contribution in [0.3, 0.4) is 0 Å². The van der Waals surface area contributed by atoms with Gasteiger partial charge in [0.2, 0.25) is 5.90 Å². The van der Waals surface area contributed by atoms with Crippen LogP contribution in [0.2, 0.25) is 0 Å². The topological polar surface area (TPSA) is 57.1 Å². The molecular weight excluding hydrogens is 398 g/mol. The average molecular weight is 417 g/mol. The molecule has 0 spiro atoms. The van der Waals surface area contributed by atoms with Gasteiger partial charge in [0.25, 0.3) is 0 Å². The van der Waals surface area contributed by atoms with Gasteiger partial charge in [-0.3, -0.25) is 0 Å². The van der Waals surface area contributed by atoms with E-state index in [-0.39, 0.29) is 11.6 Å². The zero-order valence-corrected chi connectivity index (χ0v) is 17.3. The summed E-state index contributed by atoms with van der Waals surface area (Å²) in [7, 11) is 1.60. The van der Waals surface area contributed by atoms with Crippen LogP contribution >= 0.6 is 11.3 Å². The Balaban J connectivity index is 1.68. The lowest BCUT2D eigenvalue weighted by Crippen LogP contribution is -2.05. The van der Waals surface area contributed by atoms with Crippen LogP contribution in [0.4, 0.5) is 0 Å². The van der Waals surface area contributed by atoms with E-state index in [9.17, 15) is 4.79 Å². The lowest BCUT2D eigenvalue weighted by molar-refractivity contribution is -0.130. The van der Waals surface area contributed by atoms with E-state index in [0.29, 0.717) is 22.6 Å². The fourth-order valence-electron chi connectivity index (χ4n) is 2.86. The van der Waals surface area contributed by atoms with Crippen molar-refractivity contribution in [3.05, 3.63) is 99.9 Å². The van der Waals surface area contributed by atoms with Gasteiger partial charge >= 0.3 is 5.97 Å². The Kier molecular flexibility index (Phi) is 5.77. The predicted molar refractivity (Wildman–Crippen MR) is 118 cm³/mol. The lowest BCUT2D eigenvalue weighted by atomic mass is 10.2. The van der Waals surface area contributed by atoms with Crippen molar-refractivity contribution < 1.29 is 19.0 Å². The molecular formula is C24H19NO4S. The molecule has 0 radical (unpaired) electrons. The average Bonchev–Trinajstić information content (AvgIpc) is 3.44. The summed E-state index contributed by atoms with van der Waals surface area (Å²) in [5.74, 6) is 1.86. The summed E-state index contributed by atoms with van der Waals surface area (Å²) in [6.45, 7) is 1.82. The molecule has 30 heavy (non-hydrogen) atoms. The smallest absolute Gasteiger partial charge is 0.364 e. The molecule has 1 aliphatic rings. The highest BCUT2D eigenvalue weighted by Gasteiger charge is 2.26. The Labute approximate surface area is 178 Å². The molecule has 1 aliphatic heterocycles. The minimum atomic E-state index is -0.486. The van der Waals surface area contributed by atoms with Crippen molar-refractivity contribution in [1.29, 1.82) is 0 Å². The zero-order chi connectivity index (χ0) is 20.9. The molecule has 2 aromatic carbocycles. The summed E-state index contributed by atoms with van der Waals surface area (Å²) in [6.07, 6.45) is 1.82. The van der Waals surface area contributed by atoms with E-state index in [1.54, 1.807) is 42.7 Å². The number of carbonyl (C=O) groups excluding carboxylic acids is 1. The molecule has 0 saturated heterocycles. The van der Waals surface area contributed by atoms with Crippen LogP contribution in [0.15, 0.2) is 94.4 Å². The third-order valence-electron chi connectivity index (χ3n) is 4.39. The number of hydrogen-bond donors (Lipinski definition) is 0. The summed E-state index contributed by atoms with van der Waals surface area (Å²) in [4.78, 5) is 17.8. The molecule has 5 nitrogen and oxygen atoms in total. The van der Waals surface area contributed by atoms with Gasteiger partial charge in [-0.05, 0) is 66.4 Å². The van der Waals surface area contributed by atoms with E-state index >= 15 is 0 Å². The molecule has 4 rings (SSSR count). The van der Waals surface area contributed by atoms with Gasteiger partial charge in [-0.2, -0.15) is 0 Å². The highest BCUT2D eigenvalue weighted by Crippen LogP contribution is 2.28. The first-order valence-electron chi connectivity index (χ1n) is 9.28. The molecule has 0 amide bonds. The summed E-state index contributed by atoms with van der Waals surface area (Å²) in [5.41, 5.74) is 1.62. The number of allylic oxidation sites excluding steroid dienone is 2. The van der Waals surface area contributed by atoms with Crippen molar-refractivity contribution in [2.45, 2.75) is 6.92 Å². The summed E-state index contributed by atoms with van der Waals surface area (Å²) < 4.78 is 16.6. The second-order valence-electron chi connectivity index (χ2n) is 6.47. The van der Waals surface area contributed by atoms with E-state index < -0.39 is 5.97 Å². The Morgan fingerprint density at radius 2 is 1.77 bits per heavy atom. The van der Waals surface area contributed by atoms with Crippen molar-refractivity contribution in [1.82, 2.24) is 0 Å². The highest BCUT2D eigenvalue weighted by molar-refractivity contribution is 7.11. The maximum Gasteiger partial charge on any atom is 0.364 e. The summed E-state index contributed by atoms with van der Waals surface area (Å²) >= 11 is 1.56. The number of methoxy groups -OCH3 is 1. The minimum absolute atomic E-state index is 0.256. The van der Waals surface area contributed by atoms with E-state index in [2.05, 4.69) is 4.99 Å². The highest BCUT2D eigenvalue weighted by atomic mass is 32.1. The molecule has 0 aliphatic carbocycles. The number of thiophene rings is 1. The lowest BCUT2D eigenvalue weighted by Gasteiger charge is -2.09. The van der Waals surface area contributed by atoms with Gasteiger partial charge in [0.1, 0.15) is 17.3 Å². The Morgan fingerprint density at radius 3 is 2.43 bits per heavy atom. The number of esters is 1. The van der Waals surface area contributed by atoms with Gasteiger partial charge in [-0.1, -0.05) is 24.3 Å². The Morgan fingerprint density at radius 1 is 1.00 bits per heavy atom. The molecule has 1 aromatic heterocycles. The minimum Gasteiger partial charge on any atom is -0.497 e. The van der Waals surface area contributed by atoms with E-state index in [1.165, 1.54) is 0 Å². The quantitative estimate of drug-likeness (QED) is 0.304. The van der Waals surface area contributed by atoms with Crippen molar-refractivity contribution >= 4 is 29.0 Å². The first-order chi connectivity index (χ1) is 14.6. The van der Waals surface area contributed by atoms with Crippen LogP contribution in [-0.2, 0) is 9.53 Å². The standard InChI is InChI=1S/C24H19NO4S/c1-16(15-20(21-9-6-14-30-21)28-19-7-4-3-5-8-19)22-24(26)29-23(25-22)17-10-12-18(27-2)13-11-17/h3-15H,1-2H3/b20-15-,22-16+. The fourth-order valence-corrected chi connectivity index (χ4v) is 3.54. The molecule has 0 bridgehead atoms. The number of benzene rings is 2. The predicted octanol–water partition coefficient (Wildman–Crippen LogP) is 5.45. The SMILES string of the molecule is COc1ccc(C2=N/C(=C(C)/C=C(\Oc3ccccc3)c3cccs3)C(=O)O2)cc1. The second-order valence-corrected chi connectivity index (χ2v) is 7.42. The first-order valence-corrected chi connectivity index (χ1v) is 10.2. The molecule has 0 N–H and O–H groups in total. The number of nitrogens with zero attached hydrogens (tertiary/aromatic N) is 1. The number of para-hydroxylation sites is 1. The van der Waals surface area contributed by atoms with Crippen LogP contribution in [0, 0.1) is 0 Å². The first kappa shape index (κ1) is 19.7. The normalized spacial score (nSPS) is 15.5. The summed E-state index contributed by atoms with van der Waals surface area (Å²) in [5, 5.41) is 1.98. The molecule has 0 unspecified atom stereocenters. The fraction of sp³-hybridized carbons (Fsp3) is 0.0833. The number of aliphatic imine (C=N–C) groups is 1. The van der Waals surface area contributed by atoms with Crippen LogP contribution in [-0.4, -0.2) is 19.0 Å². The molecule has 0 fully saturated rings. The van der Waals surface area contributed by atoms with Crippen LogP contribution in [0.5, 0.6) is 11.5 Å². The van der Waals surface area contributed by atoms with E-state index in [1.807, 2.05) is 60.8 Å².